The summed E-state index contributed by atoms with van der Waals surface area (Å²) in [5, 5.41) is 0. The summed E-state index contributed by atoms with van der Waals surface area (Å²) < 4.78 is 18.1. The van der Waals surface area contributed by atoms with Gasteiger partial charge in [0.1, 0.15) is 11.6 Å². The molecule has 3 nitrogen and oxygen atoms in total. The van der Waals surface area contributed by atoms with Crippen LogP contribution in [0.25, 0.3) is 0 Å². The topological polar surface area (TPSA) is 52.3 Å². The quantitative estimate of drug-likeness (QED) is 0.668. The van der Waals surface area contributed by atoms with E-state index >= 15 is 0 Å². The van der Waals surface area contributed by atoms with Crippen molar-refractivity contribution in [1.29, 1.82) is 0 Å². The van der Waals surface area contributed by atoms with Crippen LogP contribution >= 0.6 is 0 Å². The number of ether oxygens (including phenoxy) is 1. The molecule has 0 bridgehead atoms. The number of hydrogen-bond donors (Lipinski definition) is 1. The molecular weight excluding hydrogens is 233 g/mol. The van der Waals surface area contributed by atoms with Gasteiger partial charge in [0.2, 0.25) is 0 Å². The maximum atomic E-state index is 13.1. The van der Waals surface area contributed by atoms with Crippen LogP contribution in [0.15, 0.2) is 42.5 Å². The number of halogens is 1. The summed E-state index contributed by atoms with van der Waals surface area (Å²) in [5.41, 5.74) is 6.65. The maximum absolute atomic E-state index is 13.1. The molecule has 0 saturated carbocycles. The number of methoxy groups -OCH3 is 1. The van der Waals surface area contributed by atoms with E-state index in [0.717, 1.165) is 0 Å². The summed E-state index contributed by atoms with van der Waals surface area (Å²) >= 11 is 0. The Labute approximate surface area is 104 Å². The highest BCUT2D eigenvalue weighted by molar-refractivity contribution is 6.12. The van der Waals surface area contributed by atoms with Crippen LogP contribution < -0.4 is 10.5 Å². The molecule has 92 valence electrons. The van der Waals surface area contributed by atoms with Crippen LogP contribution in [-0.2, 0) is 0 Å². The third kappa shape index (κ3) is 2.32. The minimum atomic E-state index is -0.456. The third-order valence-electron chi connectivity index (χ3n) is 2.59. The third-order valence-corrected chi connectivity index (χ3v) is 2.59. The van der Waals surface area contributed by atoms with Gasteiger partial charge in [0.05, 0.1) is 7.11 Å². The Kier molecular flexibility index (Phi) is 3.28. The lowest BCUT2D eigenvalue weighted by Crippen LogP contribution is -2.06. The van der Waals surface area contributed by atoms with Gasteiger partial charge >= 0.3 is 0 Å². The Bertz CT molecular complexity index is 596. The van der Waals surface area contributed by atoms with E-state index in [-0.39, 0.29) is 11.3 Å². The molecule has 0 spiro atoms. The van der Waals surface area contributed by atoms with Gasteiger partial charge in [-0.3, -0.25) is 4.79 Å². The molecule has 4 heteroatoms. The van der Waals surface area contributed by atoms with E-state index in [2.05, 4.69) is 0 Å². The highest BCUT2D eigenvalue weighted by Gasteiger charge is 2.13. The van der Waals surface area contributed by atoms with E-state index in [1.807, 2.05) is 0 Å². The summed E-state index contributed by atoms with van der Waals surface area (Å²) in [6.07, 6.45) is 0. The van der Waals surface area contributed by atoms with Gasteiger partial charge < -0.3 is 10.5 Å². The minimum absolute atomic E-state index is 0.259. The van der Waals surface area contributed by atoms with Crippen molar-refractivity contribution >= 4 is 11.5 Å². The van der Waals surface area contributed by atoms with Crippen molar-refractivity contribution in [3.8, 4) is 5.75 Å². The van der Waals surface area contributed by atoms with Crippen LogP contribution in [-0.4, -0.2) is 12.9 Å². The number of ketones is 1. The number of carbonyl (C=O) groups excluding carboxylic acids is 1. The summed E-state index contributed by atoms with van der Waals surface area (Å²) in [6, 6.07) is 10.3. The Morgan fingerprint density at radius 3 is 2.67 bits per heavy atom. The van der Waals surface area contributed by atoms with Gasteiger partial charge in [-0.2, -0.15) is 0 Å². The Morgan fingerprint density at radius 1 is 1.22 bits per heavy atom. The van der Waals surface area contributed by atoms with E-state index in [4.69, 9.17) is 10.5 Å². The zero-order chi connectivity index (χ0) is 13.1. The van der Waals surface area contributed by atoms with Crippen molar-refractivity contribution in [3.63, 3.8) is 0 Å². The molecule has 0 fully saturated rings. The molecule has 0 radical (unpaired) electrons. The van der Waals surface area contributed by atoms with Gasteiger partial charge in [0.25, 0.3) is 0 Å². The average Bonchev–Trinajstić information content (AvgIpc) is 2.38. The second kappa shape index (κ2) is 4.87. The van der Waals surface area contributed by atoms with Crippen LogP contribution in [0.5, 0.6) is 5.75 Å². The van der Waals surface area contributed by atoms with Gasteiger partial charge in [-0.05, 0) is 30.3 Å². The number of rotatable bonds is 3. The van der Waals surface area contributed by atoms with Crippen LogP contribution in [0.4, 0.5) is 10.1 Å². The molecule has 2 aromatic carbocycles. The van der Waals surface area contributed by atoms with Gasteiger partial charge in [0.15, 0.2) is 5.78 Å². The smallest absolute Gasteiger partial charge is 0.195 e. The summed E-state index contributed by atoms with van der Waals surface area (Å²) in [5.74, 6) is -0.253. The summed E-state index contributed by atoms with van der Waals surface area (Å²) in [4.78, 5) is 12.2. The molecule has 2 rings (SSSR count). The first-order valence-corrected chi connectivity index (χ1v) is 5.35. The Hall–Kier alpha value is -2.36. The van der Waals surface area contributed by atoms with Crippen LogP contribution in [0.3, 0.4) is 0 Å². The lowest BCUT2D eigenvalue weighted by molar-refractivity contribution is 0.103. The van der Waals surface area contributed by atoms with Crippen molar-refractivity contribution in [2.75, 3.05) is 12.8 Å². The molecule has 0 heterocycles. The molecule has 0 aromatic heterocycles. The fourth-order valence-corrected chi connectivity index (χ4v) is 1.64. The molecule has 2 N–H and O–H groups in total. The normalized spacial score (nSPS) is 10.1. The lowest BCUT2D eigenvalue weighted by Gasteiger charge is -2.07. The number of nitrogen functional groups attached to an aromatic ring is 1. The lowest BCUT2D eigenvalue weighted by atomic mass is 10.0. The fraction of sp³-hybridized carbons (Fsp3) is 0.0714. The molecule has 2 aromatic rings. The molecular formula is C14H12FNO2. The van der Waals surface area contributed by atoms with Crippen molar-refractivity contribution < 1.29 is 13.9 Å². The molecule has 0 aliphatic rings. The first-order valence-electron chi connectivity index (χ1n) is 5.35. The van der Waals surface area contributed by atoms with Crippen molar-refractivity contribution in [2.24, 2.45) is 0 Å². The number of carbonyl (C=O) groups is 1. The maximum Gasteiger partial charge on any atom is 0.195 e. The monoisotopic (exact) mass is 245 g/mol. The van der Waals surface area contributed by atoms with Crippen molar-refractivity contribution in [3.05, 3.63) is 59.4 Å². The van der Waals surface area contributed by atoms with Gasteiger partial charge in [0, 0.05) is 16.8 Å². The number of nitrogens with two attached hydrogens (primary N) is 1. The van der Waals surface area contributed by atoms with Crippen molar-refractivity contribution in [2.45, 2.75) is 0 Å². The van der Waals surface area contributed by atoms with Crippen LogP contribution in [0, 0.1) is 5.82 Å². The zero-order valence-electron chi connectivity index (χ0n) is 9.81. The number of anilines is 1. The first kappa shape index (κ1) is 12.1. The first-order chi connectivity index (χ1) is 8.61. The van der Waals surface area contributed by atoms with E-state index in [1.165, 1.54) is 25.3 Å². The van der Waals surface area contributed by atoms with E-state index in [9.17, 15) is 9.18 Å². The standard InChI is InChI=1S/C14H12FNO2/c1-18-11-5-6-13(16)12(8-11)14(17)9-3-2-4-10(15)7-9/h2-8H,16H2,1H3. The Balaban J connectivity index is 2.45. The van der Waals surface area contributed by atoms with Gasteiger partial charge in [-0.15, -0.1) is 0 Å². The largest absolute Gasteiger partial charge is 0.497 e. The second-order valence-electron chi connectivity index (χ2n) is 3.79. The van der Waals surface area contributed by atoms with E-state index in [0.29, 0.717) is 17.0 Å². The second-order valence-corrected chi connectivity index (χ2v) is 3.79. The van der Waals surface area contributed by atoms with E-state index < -0.39 is 5.82 Å². The number of benzene rings is 2. The molecule has 18 heavy (non-hydrogen) atoms. The summed E-state index contributed by atoms with van der Waals surface area (Å²) in [6.45, 7) is 0. The average molecular weight is 245 g/mol. The van der Waals surface area contributed by atoms with E-state index in [1.54, 1.807) is 24.3 Å². The molecule has 0 atom stereocenters. The van der Waals surface area contributed by atoms with Crippen LogP contribution in [0.2, 0.25) is 0 Å². The minimum Gasteiger partial charge on any atom is -0.497 e. The van der Waals surface area contributed by atoms with Gasteiger partial charge in [-0.25, -0.2) is 4.39 Å². The predicted octanol–water partition coefficient (Wildman–Crippen LogP) is 2.65. The fourth-order valence-electron chi connectivity index (χ4n) is 1.64. The molecule has 0 amide bonds. The number of hydrogen-bond acceptors (Lipinski definition) is 3. The molecule has 0 aliphatic carbocycles. The molecule has 0 aliphatic heterocycles. The molecule has 0 saturated heterocycles. The predicted molar refractivity (Wildman–Crippen MR) is 67.2 cm³/mol. The summed E-state index contributed by atoms with van der Waals surface area (Å²) in [7, 11) is 1.50. The SMILES string of the molecule is COc1ccc(N)c(C(=O)c2cccc(F)c2)c1. The highest BCUT2D eigenvalue weighted by Crippen LogP contribution is 2.22. The van der Waals surface area contributed by atoms with Gasteiger partial charge in [-0.1, -0.05) is 12.1 Å². The van der Waals surface area contributed by atoms with Crippen molar-refractivity contribution in [1.82, 2.24) is 0 Å². The van der Waals surface area contributed by atoms with Crippen LogP contribution in [0.1, 0.15) is 15.9 Å². The highest BCUT2D eigenvalue weighted by atomic mass is 19.1. The molecule has 0 unspecified atom stereocenters. The zero-order valence-corrected chi connectivity index (χ0v) is 9.81. The Morgan fingerprint density at radius 2 is 2.00 bits per heavy atom.